The van der Waals surface area contributed by atoms with E-state index in [-0.39, 0.29) is 6.54 Å². The summed E-state index contributed by atoms with van der Waals surface area (Å²) in [5, 5.41) is 15.6. The molecule has 0 heterocycles. The molecule has 0 aliphatic heterocycles. The molecule has 1 atom stereocenters. The zero-order valence-electron chi connectivity index (χ0n) is 15.9. The molecule has 27 heavy (non-hydrogen) atoms. The summed E-state index contributed by atoms with van der Waals surface area (Å²) in [6, 6.07) is 14.6. The summed E-state index contributed by atoms with van der Waals surface area (Å²) in [6.07, 6.45) is 1.08. The van der Waals surface area contributed by atoms with Gasteiger partial charge in [-0.3, -0.25) is 9.59 Å². The first-order valence-electron chi connectivity index (χ1n) is 8.87. The molecule has 0 radical (unpaired) electrons. The Hall–Kier alpha value is -2.86. The van der Waals surface area contributed by atoms with E-state index in [4.69, 9.17) is 4.74 Å². The van der Waals surface area contributed by atoms with E-state index in [2.05, 4.69) is 10.6 Å². The summed E-state index contributed by atoms with van der Waals surface area (Å²) in [5.41, 5.74) is 1.28. The van der Waals surface area contributed by atoms with Gasteiger partial charge in [-0.15, -0.1) is 0 Å². The molecule has 0 saturated heterocycles. The van der Waals surface area contributed by atoms with Crippen LogP contribution in [0.5, 0.6) is 5.75 Å². The van der Waals surface area contributed by atoms with Gasteiger partial charge in [0.25, 0.3) is 0 Å². The van der Waals surface area contributed by atoms with Gasteiger partial charge in [0.15, 0.2) is 0 Å². The molecule has 0 spiro atoms. The largest absolute Gasteiger partial charge is 0.497 e. The van der Waals surface area contributed by atoms with E-state index >= 15 is 0 Å². The van der Waals surface area contributed by atoms with E-state index < -0.39 is 17.4 Å². The number of amides is 2. The lowest BCUT2D eigenvalue weighted by atomic mass is 9.96. The van der Waals surface area contributed by atoms with Crippen molar-refractivity contribution in [3.8, 4) is 5.75 Å². The molecule has 2 amide bonds. The highest BCUT2D eigenvalue weighted by Crippen LogP contribution is 2.17. The van der Waals surface area contributed by atoms with Crippen LogP contribution in [0.2, 0.25) is 0 Å². The van der Waals surface area contributed by atoms with Crippen molar-refractivity contribution < 1.29 is 19.4 Å². The summed E-state index contributed by atoms with van der Waals surface area (Å²) < 4.78 is 5.11. The number of methoxy groups -OCH3 is 1. The molecule has 0 aliphatic carbocycles. The predicted octanol–water partition coefficient (Wildman–Crippen LogP) is 2.31. The first kappa shape index (κ1) is 20.5. The molecule has 0 fully saturated rings. The van der Waals surface area contributed by atoms with E-state index in [9.17, 15) is 14.7 Å². The van der Waals surface area contributed by atoms with Crippen molar-refractivity contribution in [2.75, 3.05) is 19.0 Å². The number of hydrogen-bond acceptors (Lipinski definition) is 4. The minimum Gasteiger partial charge on any atom is -0.497 e. The maximum atomic E-state index is 12.1. The summed E-state index contributed by atoms with van der Waals surface area (Å²) in [6.45, 7) is 3.55. The van der Waals surface area contributed by atoms with Crippen LogP contribution in [0, 0.1) is 0 Å². The number of para-hydroxylation sites is 1. The van der Waals surface area contributed by atoms with Crippen molar-refractivity contribution in [2.24, 2.45) is 0 Å². The number of aliphatic hydroxyl groups is 1. The predicted molar refractivity (Wildman–Crippen MR) is 105 cm³/mol. The Kier molecular flexibility index (Phi) is 6.96. The summed E-state index contributed by atoms with van der Waals surface area (Å²) in [4.78, 5) is 24.2. The van der Waals surface area contributed by atoms with Crippen molar-refractivity contribution in [1.82, 2.24) is 5.32 Å². The van der Waals surface area contributed by atoms with Crippen LogP contribution in [-0.2, 0) is 22.4 Å². The lowest BCUT2D eigenvalue weighted by Crippen LogP contribution is -2.45. The highest BCUT2D eigenvalue weighted by Gasteiger charge is 2.24. The van der Waals surface area contributed by atoms with Crippen molar-refractivity contribution in [1.29, 1.82) is 0 Å². The third-order valence-corrected chi connectivity index (χ3v) is 4.23. The number of nitrogens with one attached hydrogen (secondary N) is 2. The molecule has 0 aromatic heterocycles. The Morgan fingerprint density at radius 2 is 1.74 bits per heavy atom. The van der Waals surface area contributed by atoms with Crippen LogP contribution < -0.4 is 15.4 Å². The molecule has 3 N–H and O–H groups in total. The van der Waals surface area contributed by atoms with E-state index in [1.165, 1.54) is 0 Å². The van der Waals surface area contributed by atoms with Crippen molar-refractivity contribution in [2.45, 2.75) is 32.3 Å². The average Bonchev–Trinajstić information content (AvgIpc) is 2.67. The quantitative estimate of drug-likeness (QED) is 0.653. The van der Waals surface area contributed by atoms with E-state index in [1.807, 2.05) is 43.3 Å². The molecule has 1 unspecified atom stereocenters. The smallest absolute Gasteiger partial charge is 0.313 e. The first-order chi connectivity index (χ1) is 12.8. The minimum atomic E-state index is -1.19. The normalized spacial score (nSPS) is 12.7. The number of ether oxygens (including phenoxy) is 1. The molecule has 144 valence electrons. The standard InChI is InChI=1S/C21H26N2O4/c1-4-16-7-5-6-8-18(16)23-20(25)19(24)22-14-21(2,26)13-15-9-11-17(27-3)12-10-15/h5-12,26H,4,13-14H2,1-3H3,(H,22,24)(H,23,25). The van der Waals surface area contributed by atoms with Gasteiger partial charge in [-0.2, -0.15) is 0 Å². The minimum absolute atomic E-state index is 0.0410. The highest BCUT2D eigenvalue weighted by atomic mass is 16.5. The van der Waals surface area contributed by atoms with Gasteiger partial charge in [0.2, 0.25) is 0 Å². The average molecular weight is 370 g/mol. The summed E-state index contributed by atoms with van der Waals surface area (Å²) >= 11 is 0. The fourth-order valence-electron chi connectivity index (χ4n) is 2.73. The lowest BCUT2D eigenvalue weighted by molar-refractivity contribution is -0.136. The van der Waals surface area contributed by atoms with Crippen LogP contribution >= 0.6 is 0 Å². The fraction of sp³-hybridized carbons (Fsp3) is 0.333. The topological polar surface area (TPSA) is 87.7 Å². The molecule has 2 rings (SSSR count). The second-order valence-electron chi connectivity index (χ2n) is 6.67. The maximum Gasteiger partial charge on any atom is 0.313 e. The van der Waals surface area contributed by atoms with Crippen LogP contribution in [0.15, 0.2) is 48.5 Å². The molecule has 0 bridgehead atoms. The second-order valence-corrected chi connectivity index (χ2v) is 6.67. The molecule has 6 heteroatoms. The monoisotopic (exact) mass is 370 g/mol. The lowest BCUT2D eigenvalue weighted by Gasteiger charge is -2.23. The first-order valence-corrected chi connectivity index (χ1v) is 8.87. The van der Waals surface area contributed by atoms with Crippen molar-refractivity contribution in [3.63, 3.8) is 0 Å². The van der Waals surface area contributed by atoms with Gasteiger partial charge < -0.3 is 20.5 Å². The Morgan fingerprint density at radius 3 is 2.37 bits per heavy atom. The number of carbonyl (C=O) groups excluding carboxylic acids is 2. The second kappa shape index (κ2) is 9.19. The number of anilines is 1. The van der Waals surface area contributed by atoms with Gasteiger partial charge in [-0.1, -0.05) is 37.3 Å². The van der Waals surface area contributed by atoms with Crippen LogP contribution in [0.25, 0.3) is 0 Å². The van der Waals surface area contributed by atoms with Crippen LogP contribution in [0.3, 0.4) is 0 Å². The number of benzene rings is 2. The molecular weight excluding hydrogens is 344 g/mol. The molecule has 6 nitrogen and oxygen atoms in total. The summed E-state index contributed by atoms with van der Waals surface area (Å²) in [7, 11) is 1.59. The molecule has 0 aliphatic rings. The van der Waals surface area contributed by atoms with Gasteiger partial charge in [-0.05, 0) is 42.7 Å². The van der Waals surface area contributed by atoms with Crippen LogP contribution in [-0.4, -0.2) is 36.2 Å². The number of rotatable bonds is 7. The van der Waals surface area contributed by atoms with Gasteiger partial charge in [-0.25, -0.2) is 0 Å². The van der Waals surface area contributed by atoms with E-state index in [1.54, 1.807) is 26.2 Å². The molecule has 2 aromatic rings. The van der Waals surface area contributed by atoms with Gasteiger partial charge in [0.1, 0.15) is 5.75 Å². The van der Waals surface area contributed by atoms with Crippen molar-refractivity contribution >= 4 is 17.5 Å². The number of hydrogen-bond donors (Lipinski definition) is 3. The zero-order chi connectivity index (χ0) is 19.9. The third kappa shape index (κ3) is 6.11. The van der Waals surface area contributed by atoms with E-state index in [0.29, 0.717) is 12.1 Å². The Labute approximate surface area is 159 Å². The van der Waals surface area contributed by atoms with Gasteiger partial charge in [0.05, 0.1) is 12.7 Å². The Bertz CT molecular complexity index is 785. The highest BCUT2D eigenvalue weighted by molar-refractivity contribution is 6.39. The number of carbonyl (C=O) groups is 2. The van der Waals surface area contributed by atoms with Gasteiger partial charge >= 0.3 is 11.8 Å². The zero-order valence-corrected chi connectivity index (χ0v) is 15.9. The SMILES string of the molecule is CCc1ccccc1NC(=O)C(=O)NCC(C)(O)Cc1ccc(OC)cc1. The number of aryl methyl sites for hydroxylation is 1. The van der Waals surface area contributed by atoms with Crippen LogP contribution in [0.1, 0.15) is 25.0 Å². The van der Waals surface area contributed by atoms with Gasteiger partial charge in [0, 0.05) is 18.7 Å². The molecule has 2 aromatic carbocycles. The molecule has 0 saturated carbocycles. The van der Waals surface area contributed by atoms with Crippen molar-refractivity contribution in [3.05, 3.63) is 59.7 Å². The third-order valence-electron chi connectivity index (χ3n) is 4.23. The maximum absolute atomic E-state index is 12.1. The Balaban J connectivity index is 1.89. The van der Waals surface area contributed by atoms with E-state index in [0.717, 1.165) is 23.3 Å². The fourth-order valence-corrected chi connectivity index (χ4v) is 2.73. The Morgan fingerprint density at radius 1 is 1.07 bits per heavy atom. The van der Waals surface area contributed by atoms with Crippen LogP contribution in [0.4, 0.5) is 5.69 Å². The summed E-state index contributed by atoms with van der Waals surface area (Å²) in [5.74, 6) is -0.803. The molecular formula is C21H26N2O4.